The second kappa shape index (κ2) is 13.7. The van der Waals surface area contributed by atoms with Gasteiger partial charge in [0.1, 0.15) is 17.3 Å². The van der Waals surface area contributed by atoms with Gasteiger partial charge in [0.05, 0.1) is 45.7 Å². The molecule has 0 saturated carbocycles. The minimum atomic E-state index is 0.170. The highest BCUT2D eigenvalue weighted by atomic mass is 35.5. The fourth-order valence-corrected chi connectivity index (χ4v) is 6.18. The smallest absolute Gasteiger partial charge is 0.222 e. The van der Waals surface area contributed by atoms with Gasteiger partial charge in [-0.25, -0.2) is 0 Å². The van der Waals surface area contributed by atoms with E-state index in [1.54, 1.807) is 25.4 Å². The number of Topliss-reactive ketones (excluding diaryl/α,β-unsaturated/α-hetero) is 1. The number of fused-ring (bicyclic) bond motifs is 1. The predicted molar refractivity (Wildman–Crippen MR) is 166 cm³/mol. The number of rotatable bonds is 13. The van der Waals surface area contributed by atoms with Crippen molar-refractivity contribution in [3.05, 3.63) is 53.2 Å². The third kappa shape index (κ3) is 7.11. The van der Waals surface area contributed by atoms with E-state index in [9.17, 15) is 9.59 Å². The van der Waals surface area contributed by atoms with Gasteiger partial charge in [-0.15, -0.1) is 0 Å². The highest BCUT2D eigenvalue weighted by molar-refractivity contribution is 6.31. The first-order chi connectivity index (χ1) is 21.4. The maximum Gasteiger partial charge on any atom is 0.222 e. The number of ketones is 1. The van der Waals surface area contributed by atoms with Crippen molar-refractivity contribution in [3.8, 4) is 23.0 Å². The molecule has 9 nitrogen and oxygen atoms in total. The van der Waals surface area contributed by atoms with Gasteiger partial charge in [0, 0.05) is 66.4 Å². The van der Waals surface area contributed by atoms with Crippen LogP contribution in [0.2, 0.25) is 5.02 Å². The number of pyridine rings is 1. The number of amides is 1. The van der Waals surface area contributed by atoms with Crippen molar-refractivity contribution in [1.29, 1.82) is 0 Å². The molecule has 0 bridgehead atoms. The lowest BCUT2D eigenvalue weighted by molar-refractivity contribution is -0.153. The van der Waals surface area contributed by atoms with Gasteiger partial charge in [-0.3, -0.25) is 14.6 Å². The van der Waals surface area contributed by atoms with E-state index < -0.39 is 0 Å². The molecule has 1 aromatic heterocycles. The third-order valence-corrected chi connectivity index (χ3v) is 9.30. The van der Waals surface area contributed by atoms with Crippen molar-refractivity contribution in [2.24, 2.45) is 11.3 Å². The number of methoxy groups -OCH3 is 1. The van der Waals surface area contributed by atoms with E-state index in [2.05, 4.69) is 4.98 Å². The minimum absolute atomic E-state index is 0.170. The number of halogens is 1. The number of aromatic nitrogens is 1. The molecule has 0 N–H and O–H groups in total. The van der Waals surface area contributed by atoms with Crippen molar-refractivity contribution >= 4 is 34.2 Å². The number of benzene rings is 2. The number of carbonyl (C=O) groups excluding carboxylic acids is 2. The normalized spacial score (nSPS) is 17.6. The van der Waals surface area contributed by atoms with Crippen LogP contribution in [0, 0.1) is 11.3 Å². The van der Waals surface area contributed by atoms with Crippen LogP contribution in [0.4, 0.5) is 0 Å². The van der Waals surface area contributed by atoms with Gasteiger partial charge in [0.15, 0.2) is 11.5 Å². The molecule has 0 unspecified atom stereocenters. The summed E-state index contributed by atoms with van der Waals surface area (Å²) in [5.74, 6) is 3.10. The number of nitrogens with zero attached hydrogens (tertiary/aromatic N) is 2. The van der Waals surface area contributed by atoms with Crippen LogP contribution in [0.5, 0.6) is 23.0 Å². The summed E-state index contributed by atoms with van der Waals surface area (Å²) in [6, 6.07) is 10.8. The molecule has 3 aromatic rings. The van der Waals surface area contributed by atoms with Crippen molar-refractivity contribution < 1.29 is 33.3 Å². The van der Waals surface area contributed by atoms with Crippen LogP contribution in [0.15, 0.2) is 42.6 Å². The van der Waals surface area contributed by atoms with Gasteiger partial charge in [-0.2, -0.15) is 0 Å². The first-order valence-electron chi connectivity index (χ1n) is 15.4. The standard InChI is InChI=1S/C34H39ClN2O7/c1-40-31-17-27-29(18-32(31)43-14-2-3-33(39)37-12-9-34(10-13-37)21-42-22-34)36-11-8-30(27)44-26-7-5-24(28(35)16-26)15-25(38)6-4-23-19-41-20-23/h5,7-8,11,16-18,23H,2-4,6,9-10,12-15,19-22H2,1H3. The maximum absolute atomic E-state index is 12.7. The molecular formula is C34H39ClN2O7. The Bertz CT molecular complexity index is 1490. The second-order valence-electron chi connectivity index (χ2n) is 12.2. The number of hydrogen-bond acceptors (Lipinski definition) is 8. The Hall–Kier alpha value is -3.40. The molecule has 3 aliphatic rings. The topological polar surface area (TPSA) is 96.4 Å². The fourth-order valence-electron chi connectivity index (χ4n) is 5.94. The van der Waals surface area contributed by atoms with Crippen molar-refractivity contribution in [1.82, 2.24) is 9.88 Å². The zero-order valence-electron chi connectivity index (χ0n) is 25.1. The van der Waals surface area contributed by atoms with Gasteiger partial charge in [-0.05, 0) is 55.5 Å². The van der Waals surface area contributed by atoms with Crippen LogP contribution in [0.25, 0.3) is 10.9 Å². The molecule has 0 atom stereocenters. The Labute approximate surface area is 262 Å². The van der Waals surface area contributed by atoms with E-state index in [0.29, 0.717) is 77.2 Å². The molecule has 44 heavy (non-hydrogen) atoms. The van der Waals surface area contributed by atoms with Gasteiger partial charge in [0.25, 0.3) is 0 Å². The molecule has 234 valence electrons. The molecule has 4 heterocycles. The predicted octanol–water partition coefficient (Wildman–Crippen LogP) is 6.03. The summed E-state index contributed by atoms with van der Waals surface area (Å²) in [5, 5.41) is 1.24. The highest BCUT2D eigenvalue weighted by Crippen LogP contribution is 2.39. The number of ether oxygens (including phenoxy) is 5. The number of carbonyl (C=O) groups is 2. The summed E-state index contributed by atoms with van der Waals surface area (Å²) in [7, 11) is 1.59. The molecule has 10 heteroatoms. The Morgan fingerprint density at radius 2 is 1.84 bits per heavy atom. The van der Waals surface area contributed by atoms with Crippen LogP contribution in [0.1, 0.15) is 44.1 Å². The van der Waals surface area contributed by atoms with E-state index in [0.717, 1.165) is 69.7 Å². The van der Waals surface area contributed by atoms with E-state index in [-0.39, 0.29) is 11.7 Å². The molecule has 3 saturated heterocycles. The summed E-state index contributed by atoms with van der Waals surface area (Å²) in [4.78, 5) is 31.7. The van der Waals surface area contributed by atoms with E-state index in [1.165, 1.54) is 0 Å². The zero-order chi connectivity index (χ0) is 30.5. The van der Waals surface area contributed by atoms with Crippen LogP contribution >= 0.6 is 11.6 Å². The average Bonchev–Trinajstić information content (AvgIpc) is 2.99. The van der Waals surface area contributed by atoms with Crippen LogP contribution in [0.3, 0.4) is 0 Å². The van der Waals surface area contributed by atoms with E-state index in [4.69, 9.17) is 35.3 Å². The van der Waals surface area contributed by atoms with E-state index in [1.807, 2.05) is 29.2 Å². The van der Waals surface area contributed by atoms with Crippen LogP contribution in [-0.2, 0) is 25.5 Å². The minimum Gasteiger partial charge on any atom is -0.493 e. The first-order valence-corrected chi connectivity index (χ1v) is 15.8. The van der Waals surface area contributed by atoms with Crippen molar-refractivity contribution in [2.45, 2.75) is 44.9 Å². The SMILES string of the molecule is COc1cc2c(Oc3ccc(CC(=O)CCC4COC4)c(Cl)c3)ccnc2cc1OCCCC(=O)N1CCC2(CC1)COC2. The van der Waals surface area contributed by atoms with Crippen molar-refractivity contribution in [2.75, 3.05) is 53.2 Å². The molecule has 3 aliphatic heterocycles. The summed E-state index contributed by atoms with van der Waals surface area (Å²) in [6.07, 6.45) is 6.48. The molecule has 1 amide bonds. The average molecular weight is 623 g/mol. The molecule has 0 aliphatic carbocycles. The van der Waals surface area contributed by atoms with E-state index >= 15 is 0 Å². The maximum atomic E-state index is 12.7. The number of likely N-dealkylation sites (tertiary alicyclic amines) is 1. The first kappa shape index (κ1) is 30.6. The summed E-state index contributed by atoms with van der Waals surface area (Å²) in [6.45, 7) is 5.18. The molecule has 2 aromatic carbocycles. The molecule has 1 spiro atoms. The van der Waals surface area contributed by atoms with Gasteiger partial charge >= 0.3 is 0 Å². The largest absolute Gasteiger partial charge is 0.493 e. The molecule has 3 fully saturated rings. The fraction of sp³-hybridized carbons (Fsp3) is 0.500. The number of hydrogen-bond donors (Lipinski definition) is 0. The highest BCUT2D eigenvalue weighted by Gasteiger charge is 2.41. The summed E-state index contributed by atoms with van der Waals surface area (Å²) in [5.41, 5.74) is 1.78. The van der Waals surface area contributed by atoms with Gasteiger partial charge in [0.2, 0.25) is 5.91 Å². The van der Waals surface area contributed by atoms with Crippen LogP contribution in [-0.4, -0.2) is 74.8 Å². The second-order valence-corrected chi connectivity index (χ2v) is 12.6. The monoisotopic (exact) mass is 622 g/mol. The Morgan fingerprint density at radius 1 is 1.02 bits per heavy atom. The Morgan fingerprint density at radius 3 is 2.52 bits per heavy atom. The van der Waals surface area contributed by atoms with Gasteiger partial charge in [-0.1, -0.05) is 17.7 Å². The lowest BCUT2D eigenvalue weighted by atomic mass is 9.77. The lowest BCUT2D eigenvalue weighted by Crippen LogP contribution is -2.52. The molecular weight excluding hydrogens is 584 g/mol. The number of piperidine rings is 1. The Kier molecular flexibility index (Phi) is 9.54. The van der Waals surface area contributed by atoms with Crippen molar-refractivity contribution in [3.63, 3.8) is 0 Å². The van der Waals surface area contributed by atoms with Gasteiger partial charge < -0.3 is 28.6 Å². The lowest BCUT2D eigenvalue weighted by Gasteiger charge is -2.47. The van der Waals surface area contributed by atoms with Crippen LogP contribution < -0.4 is 14.2 Å². The molecule has 0 radical (unpaired) electrons. The summed E-state index contributed by atoms with van der Waals surface area (Å²) < 4.78 is 28.5. The summed E-state index contributed by atoms with van der Waals surface area (Å²) >= 11 is 6.54. The molecule has 6 rings (SSSR count). The quantitative estimate of drug-likeness (QED) is 0.213. The Balaban J connectivity index is 1.04. The third-order valence-electron chi connectivity index (χ3n) is 8.95. The zero-order valence-corrected chi connectivity index (χ0v) is 25.9.